The summed E-state index contributed by atoms with van der Waals surface area (Å²) in [7, 11) is 0. The number of aromatic nitrogens is 1. The van der Waals surface area contributed by atoms with E-state index in [1.54, 1.807) is 26.0 Å². The normalized spacial score (nSPS) is 16.8. The van der Waals surface area contributed by atoms with Crippen LogP contribution in [0.4, 0.5) is 4.39 Å². The van der Waals surface area contributed by atoms with E-state index < -0.39 is 29.3 Å². The number of carbonyl (C=O) groups excluding carboxylic acids is 2. The Hall–Kier alpha value is -2.58. The summed E-state index contributed by atoms with van der Waals surface area (Å²) in [4.78, 5) is 33.4. The Morgan fingerprint density at radius 3 is 2.50 bits per heavy atom. The van der Waals surface area contributed by atoms with Crippen molar-refractivity contribution in [2.24, 2.45) is 0 Å². The molecule has 30 heavy (non-hydrogen) atoms. The van der Waals surface area contributed by atoms with Crippen LogP contribution in [0.5, 0.6) is 0 Å². The molecule has 0 saturated heterocycles. The minimum Gasteiger partial charge on any atom is -0.868 e. The van der Waals surface area contributed by atoms with Crippen LogP contribution in [0.25, 0.3) is 0 Å². The van der Waals surface area contributed by atoms with Gasteiger partial charge in [0.15, 0.2) is 0 Å². The van der Waals surface area contributed by atoms with Crippen molar-refractivity contribution in [3.8, 4) is 0 Å². The highest BCUT2D eigenvalue weighted by molar-refractivity contribution is 7.14. The fraction of sp³-hybridized carbons (Fsp3) is 0.409. The highest BCUT2D eigenvalue weighted by Gasteiger charge is 2.41. The van der Waals surface area contributed by atoms with Gasteiger partial charge in [0.25, 0.3) is 0 Å². The summed E-state index contributed by atoms with van der Waals surface area (Å²) < 4.78 is 14.7. The van der Waals surface area contributed by atoms with Gasteiger partial charge in [-0.25, -0.2) is 9.37 Å². The quantitative estimate of drug-likeness (QED) is 0.638. The number of benzene rings is 1. The van der Waals surface area contributed by atoms with Crippen molar-refractivity contribution in [1.82, 2.24) is 9.88 Å². The van der Waals surface area contributed by atoms with Gasteiger partial charge in [-0.1, -0.05) is 18.2 Å². The number of quaternary nitrogens is 1. The van der Waals surface area contributed by atoms with Crippen molar-refractivity contribution in [2.45, 2.75) is 33.7 Å². The highest BCUT2D eigenvalue weighted by atomic mass is 32.1. The SMILES string of the molecule is CC[NH+](CC)CCN1C(=O)C([O-])=C(C(=O)c2sc(C)nc2C)C1c1ccccc1F. The number of nitrogens with one attached hydrogen (secondary N) is 1. The van der Waals surface area contributed by atoms with Crippen LogP contribution in [0.1, 0.15) is 45.8 Å². The lowest BCUT2D eigenvalue weighted by atomic mass is 9.94. The molecule has 1 atom stereocenters. The van der Waals surface area contributed by atoms with E-state index in [1.165, 1.54) is 33.3 Å². The van der Waals surface area contributed by atoms with Crippen molar-refractivity contribution >= 4 is 23.0 Å². The predicted octanol–water partition coefficient (Wildman–Crippen LogP) is 1.20. The minimum atomic E-state index is -1.03. The molecule has 2 heterocycles. The van der Waals surface area contributed by atoms with Crippen LogP contribution in [0.3, 0.4) is 0 Å². The third-order valence-corrected chi connectivity index (χ3v) is 6.62. The molecule has 1 N–H and O–H groups in total. The summed E-state index contributed by atoms with van der Waals surface area (Å²) >= 11 is 1.18. The Labute approximate surface area is 179 Å². The van der Waals surface area contributed by atoms with Crippen molar-refractivity contribution in [3.05, 3.63) is 62.6 Å². The number of carbonyl (C=O) groups is 2. The molecule has 1 aromatic carbocycles. The molecular formula is C22H26FN3O3S. The minimum absolute atomic E-state index is 0.161. The van der Waals surface area contributed by atoms with Gasteiger partial charge in [-0.15, -0.1) is 11.3 Å². The Kier molecular flexibility index (Phi) is 6.67. The number of halogens is 1. The third-order valence-electron chi connectivity index (χ3n) is 5.55. The molecule has 0 saturated carbocycles. The van der Waals surface area contributed by atoms with Gasteiger partial charge in [0.1, 0.15) is 5.82 Å². The van der Waals surface area contributed by atoms with Gasteiger partial charge in [-0.05, 0) is 39.5 Å². The maximum absolute atomic E-state index is 14.7. The maximum Gasteiger partial charge on any atom is 0.240 e. The molecule has 6 nitrogen and oxygen atoms in total. The zero-order valence-corrected chi connectivity index (χ0v) is 18.4. The van der Waals surface area contributed by atoms with Crippen molar-refractivity contribution in [3.63, 3.8) is 0 Å². The fourth-order valence-electron chi connectivity index (χ4n) is 3.87. The van der Waals surface area contributed by atoms with Crippen LogP contribution in [0.15, 0.2) is 35.6 Å². The molecule has 0 radical (unpaired) electrons. The average Bonchev–Trinajstić information content (AvgIpc) is 3.19. The predicted molar refractivity (Wildman–Crippen MR) is 111 cm³/mol. The van der Waals surface area contributed by atoms with Crippen LogP contribution < -0.4 is 10.0 Å². The van der Waals surface area contributed by atoms with Crippen LogP contribution in [0, 0.1) is 19.7 Å². The topological polar surface area (TPSA) is 77.8 Å². The Morgan fingerprint density at radius 2 is 1.93 bits per heavy atom. The summed E-state index contributed by atoms with van der Waals surface area (Å²) in [5, 5.41) is 13.6. The van der Waals surface area contributed by atoms with Crippen LogP contribution in [-0.4, -0.2) is 47.8 Å². The third kappa shape index (κ3) is 4.02. The first-order chi connectivity index (χ1) is 14.3. The van der Waals surface area contributed by atoms with Gasteiger partial charge in [0.2, 0.25) is 11.7 Å². The molecular weight excluding hydrogens is 405 g/mol. The number of hydrogen-bond acceptors (Lipinski definition) is 5. The molecule has 3 rings (SSSR count). The average molecular weight is 432 g/mol. The number of aryl methyl sites for hydroxylation is 2. The Morgan fingerprint density at radius 1 is 1.27 bits per heavy atom. The van der Waals surface area contributed by atoms with Gasteiger partial charge < -0.3 is 14.9 Å². The van der Waals surface area contributed by atoms with Crippen LogP contribution >= 0.6 is 11.3 Å². The smallest absolute Gasteiger partial charge is 0.240 e. The number of ketones is 1. The number of amides is 1. The lowest BCUT2D eigenvalue weighted by Crippen LogP contribution is -3.12. The van der Waals surface area contributed by atoms with E-state index in [0.717, 1.165) is 13.1 Å². The fourth-order valence-corrected chi connectivity index (χ4v) is 4.74. The Bertz CT molecular complexity index is 997. The molecule has 160 valence electrons. The molecule has 1 aliphatic heterocycles. The van der Waals surface area contributed by atoms with E-state index in [-0.39, 0.29) is 17.7 Å². The lowest BCUT2D eigenvalue weighted by molar-refractivity contribution is -0.895. The van der Waals surface area contributed by atoms with E-state index in [9.17, 15) is 19.1 Å². The number of thiazole rings is 1. The second-order valence-corrected chi connectivity index (χ2v) is 8.55. The zero-order valence-electron chi connectivity index (χ0n) is 17.6. The Balaban J connectivity index is 2.07. The van der Waals surface area contributed by atoms with E-state index in [4.69, 9.17) is 0 Å². The number of rotatable bonds is 8. The maximum atomic E-state index is 14.7. The van der Waals surface area contributed by atoms with Crippen molar-refractivity contribution in [2.75, 3.05) is 26.2 Å². The van der Waals surface area contributed by atoms with E-state index in [0.29, 0.717) is 22.1 Å². The van der Waals surface area contributed by atoms with Gasteiger partial charge in [0.05, 0.1) is 47.8 Å². The molecule has 0 spiro atoms. The van der Waals surface area contributed by atoms with Gasteiger partial charge in [0, 0.05) is 11.1 Å². The summed E-state index contributed by atoms with van der Waals surface area (Å²) in [5.41, 5.74) is 0.480. The number of hydrogen-bond donors (Lipinski definition) is 1. The van der Waals surface area contributed by atoms with E-state index in [2.05, 4.69) is 4.98 Å². The lowest BCUT2D eigenvalue weighted by Gasteiger charge is -2.29. The molecule has 1 amide bonds. The second-order valence-electron chi connectivity index (χ2n) is 7.35. The molecule has 0 fully saturated rings. The van der Waals surface area contributed by atoms with Crippen molar-refractivity contribution in [1.29, 1.82) is 0 Å². The standard InChI is InChI=1S/C22H26FN3O3S/c1-5-25(6-2)11-12-26-18(15-9-7-8-10-16(15)23)17(20(28)22(26)29)19(27)21-13(3)24-14(4)30-21/h7-10,18,28H,5-6,11-12H2,1-4H3. The van der Waals surface area contributed by atoms with Gasteiger partial charge in [-0.3, -0.25) is 9.59 Å². The van der Waals surface area contributed by atoms with Crippen LogP contribution in [0.2, 0.25) is 0 Å². The highest BCUT2D eigenvalue weighted by Crippen LogP contribution is 2.39. The largest absolute Gasteiger partial charge is 0.868 e. The summed E-state index contributed by atoms with van der Waals surface area (Å²) in [6.07, 6.45) is 0. The first kappa shape index (κ1) is 22.1. The number of nitrogens with zero attached hydrogens (tertiary/aromatic N) is 2. The molecule has 0 bridgehead atoms. The molecule has 0 aliphatic carbocycles. The van der Waals surface area contributed by atoms with Gasteiger partial charge >= 0.3 is 0 Å². The summed E-state index contributed by atoms with van der Waals surface area (Å²) in [6.45, 7) is 10.2. The van der Waals surface area contributed by atoms with E-state index >= 15 is 0 Å². The molecule has 1 aliphatic rings. The van der Waals surface area contributed by atoms with Crippen LogP contribution in [-0.2, 0) is 4.79 Å². The molecule has 1 aromatic heterocycles. The molecule has 1 unspecified atom stereocenters. The molecule has 2 aromatic rings. The van der Waals surface area contributed by atoms with Gasteiger partial charge in [-0.2, -0.15) is 0 Å². The number of Topliss-reactive ketones (excluding diaryl/α,β-unsaturated/α-hetero) is 1. The van der Waals surface area contributed by atoms with Crippen molar-refractivity contribution < 1.29 is 24.0 Å². The summed E-state index contributed by atoms with van der Waals surface area (Å²) in [6, 6.07) is 4.96. The first-order valence-corrected chi connectivity index (χ1v) is 10.9. The first-order valence-electron chi connectivity index (χ1n) is 10.1. The summed E-state index contributed by atoms with van der Waals surface area (Å²) in [5.74, 6) is -2.69. The molecule has 8 heteroatoms. The number of likely N-dealkylation sites (N-methyl/N-ethyl adjacent to an activating group) is 1. The zero-order chi connectivity index (χ0) is 22.0. The van der Waals surface area contributed by atoms with E-state index in [1.807, 2.05) is 13.8 Å². The monoisotopic (exact) mass is 431 g/mol. The second kappa shape index (κ2) is 9.06.